The van der Waals surface area contributed by atoms with Crippen LogP contribution in [0.1, 0.15) is 38.3 Å². The maximum atomic E-state index is 13.0. The fourth-order valence-corrected chi connectivity index (χ4v) is 4.75. The minimum atomic E-state index is -0.576. The van der Waals surface area contributed by atoms with E-state index in [0.29, 0.717) is 12.2 Å². The molecule has 1 aromatic carbocycles. The van der Waals surface area contributed by atoms with Gasteiger partial charge in [-0.2, -0.15) is 0 Å². The van der Waals surface area contributed by atoms with Crippen molar-refractivity contribution in [3.8, 4) is 0 Å². The molecule has 2 amide bonds. The second kappa shape index (κ2) is 7.04. The molecular formula is C21H19N5O2S. The topological polar surface area (TPSA) is 88.1 Å². The summed E-state index contributed by atoms with van der Waals surface area (Å²) in [5.41, 5.74) is 2.19. The second-order valence-electron chi connectivity index (χ2n) is 7.43. The molecule has 146 valence electrons. The highest BCUT2D eigenvalue weighted by molar-refractivity contribution is 7.13. The van der Waals surface area contributed by atoms with Gasteiger partial charge in [0.05, 0.1) is 0 Å². The molecule has 1 aliphatic heterocycles. The largest absolute Gasteiger partial charge is 0.338 e. The summed E-state index contributed by atoms with van der Waals surface area (Å²) in [6, 6.07) is 13.3. The van der Waals surface area contributed by atoms with Crippen LogP contribution >= 0.6 is 11.3 Å². The number of fused-ring (bicyclic) bond motifs is 3. The van der Waals surface area contributed by atoms with Gasteiger partial charge in [0.15, 0.2) is 0 Å². The lowest BCUT2D eigenvalue weighted by atomic mass is 10.1. The number of carbonyl (C=O) groups is 2. The van der Waals surface area contributed by atoms with Gasteiger partial charge in [-0.15, -0.1) is 10.2 Å². The number of aromatic nitrogens is 3. The average Bonchev–Trinajstić information content (AvgIpc) is 3.41. The SMILES string of the molecule is CN1C(=O)C(NC(=O)c2nnc(Cc3ccccc3)s2)[C@H]2CC2c2cccnc21. The first kappa shape index (κ1) is 17.9. The van der Waals surface area contributed by atoms with Crippen LogP contribution in [0, 0.1) is 5.92 Å². The number of nitrogens with one attached hydrogen (secondary N) is 1. The first-order valence-electron chi connectivity index (χ1n) is 9.51. The minimum Gasteiger partial charge on any atom is -0.338 e. The average molecular weight is 405 g/mol. The summed E-state index contributed by atoms with van der Waals surface area (Å²) in [6.45, 7) is 0. The van der Waals surface area contributed by atoms with Crippen LogP contribution in [-0.2, 0) is 11.2 Å². The number of amides is 2. The van der Waals surface area contributed by atoms with Crippen LogP contribution in [-0.4, -0.2) is 40.1 Å². The maximum absolute atomic E-state index is 13.0. The van der Waals surface area contributed by atoms with Gasteiger partial charge in [0.25, 0.3) is 11.8 Å². The van der Waals surface area contributed by atoms with Crippen molar-refractivity contribution in [3.63, 3.8) is 0 Å². The molecule has 2 aliphatic rings. The summed E-state index contributed by atoms with van der Waals surface area (Å²) < 4.78 is 0. The highest BCUT2D eigenvalue weighted by Crippen LogP contribution is 2.53. The maximum Gasteiger partial charge on any atom is 0.282 e. The first-order chi connectivity index (χ1) is 14.1. The van der Waals surface area contributed by atoms with E-state index in [1.807, 2.05) is 42.5 Å². The molecule has 1 fully saturated rings. The molecule has 8 heteroatoms. The van der Waals surface area contributed by atoms with Gasteiger partial charge in [-0.25, -0.2) is 4.98 Å². The van der Waals surface area contributed by atoms with Crippen molar-refractivity contribution in [3.05, 3.63) is 69.8 Å². The van der Waals surface area contributed by atoms with Crippen molar-refractivity contribution in [1.82, 2.24) is 20.5 Å². The van der Waals surface area contributed by atoms with E-state index in [-0.39, 0.29) is 28.7 Å². The van der Waals surface area contributed by atoms with E-state index in [1.54, 1.807) is 18.1 Å². The van der Waals surface area contributed by atoms with Crippen LogP contribution in [0.15, 0.2) is 48.7 Å². The number of pyridine rings is 1. The van der Waals surface area contributed by atoms with E-state index in [0.717, 1.165) is 22.6 Å². The van der Waals surface area contributed by atoms with E-state index in [4.69, 9.17) is 0 Å². The third kappa shape index (κ3) is 3.29. The standard InChI is InChI=1S/C21H19N5O2S/c1-26-18-13(8-5-9-22-18)14-11-15(14)17(21(26)28)23-19(27)20-25-24-16(29-20)10-12-6-3-2-4-7-12/h2-9,14-15,17H,10-11H2,1H3,(H,23,27)/t14?,15-,17?/m0/s1. The predicted molar refractivity (Wildman–Crippen MR) is 109 cm³/mol. The smallest absolute Gasteiger partial charge is 0.282 e. The molecule has 29 heavy (non-hydrogen) atoms. The molecule has 0 saturated heterocycles. The number of anilines is 1. The van der Waals surface area contributed by atoms with Gasteiger partial charge >= 0.3 is 0 Å². The molecule has 0 spiro atoms. The lowest BCUT2D eigenvalue weighted by molar-refractivity contribution is -0.120. The Bertz CT molecular complexity index is 1080. The van der Waals surface area contributed by atoms with Gasteiger partial charge in [-0.1, -0.05) is 47.7 Å². The summed E-state index contributed by atoms with van der Waals surface area (Å²) in [5.74, 6) is 0.537. The first-order valence-corrected chi connectivity index (χ1v) is 10.3. The Labute approximate surface area is 171 Å². The van der Waals surface area contributed by atoms with Gasteiger partial charge in [0.2, 0.25) is 5.01 Å². The summed E-state index contributed by atoms with van der Waals surface area (Å²) in [5, 5.41) is 12.1. The van der Waals surface area contributed by atoms with Crippen molar-refractivity contribution in [1.29, 1.82) is 0 Å². The van der Waals surface area contributed by atoms with Crippen molar-refractivity contribution >= 4 is 29.0 Å². The number of rotatable bonds is 4. The van der Waals surface area contributed by atoms with Gasteiger partial charge in [0.1, 0.15) is 16.9 Å². The molecule has 5 rings (SSSR count). The van der Waals surface area contributed by atoms with Crippen molar-refractivity contribution < 1.29 is 9.59 Å². The zero-order valence-corrected chi connectivity index (χ0v) is 16.6. The summed E-state index contributed by atoms with van der Waals surface area (Å²) >= 11 is 1.26. The molecule has 2 aromatic heterocycles. The third-order valence-electron chi connectivity index (χ3n) is 5.54. The Morgan fingerprint density at radius 2 is 2.03 bits per heavy atom. The molecule has 0 bridgehead atoms. The van der Waals surface area contributed by atoms with Gasteiger partial charge in [0, 0.05) is 19.7 Å². The number of likely N-dealkylation sites (N-methyl/N-ethyl adjacent to an activating group) is 1. The Morgan fingerprint density at radius 1 is 1.21 bits per heavy atom. The Kier molecular flexibility index (Phi) is 4.35. The predicted octanol–water partition coefficient (Wildman–Crippen LogP) is 2.40. The minimum absolute atomic E-state index is 0.0936. The molecule has 3 heterocycles. The zero-order chi connectivity index (χ0) is 20.0. The molecule has 1 aliphatic carbocycles. The number of nitrogens with zero attached hydrogens (tertiary/aromatic N) is 4. The van der Waals surface area contributed by atoms with Crippen LogP contribution in [0.4, 0.5) is 5.82 Å². The number of benzene rings is 1. The van der Waals surface area contributed by atoms with Crippen LogP contribution in [0.5, 0.6) is 0 Å². The van der Waals surface area contributed by atoms with Crippen LogP contribution < -0.4 is 10.2 Å². The molecule has 0 radical (unpaired) electrons. The second-order valence-corrected chi connectivity index (χ2v) is 8.50. The Hall–Kier alpha value is -3.13. The van der Waals surface area contributed by atoms with Gasteiger partial charge < -0.3 is 5.32 Å². The highest BCUT2D eigenvalue weighted by atomic mass is 32.1. The quantitative estimate of drug-likeness (QED) is 0.720. The molecule has 7 nitrogen and oxygen atoms in total. The molecule has 1 saturated carbocycles. The summed E-state index contributed by atoms with van der Waals surface area (Å²) in [7, 11) is 1.71. The molecule has 2 unspecified atom stereocenters. The van der Waals surface area contributed by atoms with E-state index >= 15 is 0 Å². The zero-order valence-electron chi connectivity index (χ0n) is 15.8. The Morgan fingerprint density at radius 3 is 2.86 bits per heavy atom. The van der Waals surface area contributed by atoms with Crippen LogP contribution in [0.25, 0.3) is 0 Å². The third-order valence-corrected chi connectivity index (χ3v) is 6.47. The number of hydrogen-bond acceptors (Lipinski definition) is 6. The van der Waals surface area contributed by atoms with Crippen LogP contribution in [0.3, 0.4) is 0 Å². The van der Waals surface area contributed by atoms with E-state index < -0.39 is 6.04 Å². The van der Waals surface area contributed by atoms with E-state index in [9.17, 15) is 9.59 Å². The lowest BCUT2D eigenvalue weighted by Crippen LogP contribution is -2.48. The summed E-state index contributed by atoms with van der Waals surface area (Å²) in [4.78, 5) is 31.7. The molecule has 3 aromatic rings. The van der Waals surface area contributed by atoms with Crippen molar-refractivity contribution in [2.45, 2.75) is 24.8 Å². The monoisotopic (exact) mass is 405 g/mol. The van der Waals surface area contributed by atoms with Crippen LogP contribution in [0.2, 0.25) is 0 Å². The van der Waals surface area contributed by atoms with Crippen molar-refractivity contribution in [2.75, 3.05) is 11.9 Å². The Balaban J connectivity index is 1.32. The molecular weight excluding hydrogens is 386 g/mol. The number of hydrogen-bond donors (Lipinski definition) is 1. The van der Waals surface area contributed by atoms with E-state index in [2.05, 4.69) is 20.5 Å². The normalized spacial score (nSPS) is 22.4. The highest BCUT2D eigenvalue weighted by Gasteiger charge is 2.52. The summed E-state index contributed by atoms with van der Waals surface area (Å²) in [6.07, 6.45) is 3.19. The van der Waals surface area contributed by atoms with Crippen molar-refractivity contribution in [2.24, 2.45) is 5.92 Å². The van der Waals surface area contributed by atoms with Gasteiger partial charge in [-0.05, 0) is 35.4 Å². The molecule has 3 atom stereocenters. The van der Waals surface area contributed by atoms with Gasteiger partial charge in [-0.3, -0.25) is 14.5 Å². The molecule has 1 N–H and O–H groups in total. The lowest BCUT2D eigenvalue weighted by Gasteiger charge is -2.22. The van der Waals surface area contributed by atoms with E-state index in [1.165, 1.54) is 11.3 Å². The fraction of sp³-hybridized carbons (Fsp3) is 0.286. The fourth-order valence-electron chi connectivity index (χ4n) is 3.97. The number of carbonyl (C=O) groups excluding carboxylic acids is 2.